The lowest BCUT2D eigenvalue weighted by Crippen LogP contribution is -2.26. The number of primary amides is 2. The molecule has 0 aromatic heterocycles. The van der Waals surface area contributed by atoms with Crippen LogP contribution in [0.15, 0.2) is 5.10 Å². The van der Waals surface area contributed by atoms with Crippen LogP contribution in [-0.2, 0) is 4.79 Å². The van der Waals surface area contributed by atoms with Crippen molar-refractivity contribution in [3.05, 3.63) is 0 Å². The van der Waals surface area contributed by atoms with Gasteiger partial charge in [-0.05, 0) is 12.3 Å². The van der Waals surface area contributed by atoms with Gasteiger partial charge in [-0.25, -0.2) is 10.2 Å². The first kappa shape index (κ1) is 13.4. The lowest BCUT2D eigenvalue weighted by molar-refractivity contribution is -0.120. The molecule has 2 atom stereocenters. The monoisotopic (exact) mass is 216 g/mol. The highest BCUT2D eigenvalue weighted by atomic mass is 16.3. The van der Waals surface area contributed by atoms with E-state index in [2.05, 4.69) is 5.10 Å². The standard InChI is InChI=1S/C8H16N4O3/c1-5(6(13)4-7(9)14)2-3-11-12-8(10)15/h3,5-6,13H,2,4H2,1H3,(H2,9,14)(H3,10,12,15)/b11-3+/t5-,6+/m1/s1. The highest BCUT2D eigenvalue weighted by Gasteiger charge is 2.15. The van der Waals surface area contributed by atoms with Crippen molar-refractivity contribution in [3.8, 4) is 0 Å². The molecule has 7 nitrogen and oxygen atoms in total. The summed E-state index contributed by atoms with van der Waals surface area (Å²) in [4.78, 5) is 20.7. The number of nitrogens with two attached hydrogens (primary N) is 2. The molecule has 0 saturated heterocycles. The van der Waals surface area contributed by atoms with Crippen molar-refractivity contribution in [1.29, 1.82) is 0 Å². The number of aliphatic hydroxyl groups excluding tert-OH is 1. The van der Waals surface area contributed by atoms with Gasteiger partial charge in [-0.15, -0.1) is 0 Å². The van der Waals surface area contributed by atoms with Gasteiger partial charge in [0.2, 0.25) is 5.91 Å². The lowest BCUT2D eigenvalue weighted by Gasteiger charge is -2.14. The molecular weight excluding hydrogens is 200 g/mol. The smallest absolute Gasteiger partial charge is 0.332 e. The van der Waals surface area contributed by atoms with Gasteiger partial charge in [0, 0.05) is 6.21 Å². The highest BCUT2D eigenvalue weighted by Crippen LogP contribution is 2.09. The van der Waals surface area contributed by atoms with Gasteiger partial charge in [0.05, 0.1) is 12.5 Å². The maximum atomic E-state index is 10.5. The molecule has 0 bridgehead atoms. The Labute approximate surface area is 87.5 Å². The first-order valence-corrected chi connectivity index (χ1v) is 4.46. The number of aliphatic hydroxyl groups is 1. The Morgan fingerprint density at radius 3 is 2.60 bits per heavy atom. The summed E-state index contributed by atoms with van der Waals surface area (Å²) >= 11 is 0. The summed E-state index contributed by atoms with van der Waals surface area (Å²) in [5, 5.41) is 12.9. The molecular formula is C8H16N4O3. The molecule has 0 radical (unpaired) electrons. The molecule has 0 rings (SSSR count). The molecule has 15 heavy (non-hydrogen) atoms. The number of rotatable bonds is 6. The zero-order valence-electron chi connectivity index (χ0n) is 8.51. The molecule has 0 aromatic carbocycles. The molecule has 3 amide bonds. The largest absolute Gasteiger partial charge is 0.392 e. The topological polar surface area (TPSA) is 131 Å². The number of carbonyl (C=O) groups excluding carboxylic acids is 2. The van der Waals surface area contributed by atoms with Crippen molar-refractivity contribution in [2.24, 2.45) is 22.5 Å². The maximum Gasteiger partial charge on any atom is 0.332 e. The average Bonchev–Trinajstić information content (AvgIpc) is 2.10. The number of hydrogen-bond acceptors (Lipinski definition) is 4. The van der Waals surface area contributed by atoms with Crippen molar-refractivity contribution in [2.75, 3.05) is 0 Å². The van der Waals surface area contributed by atoms with Gasteiger partial charge in [0.25, 0.3) is 0 Å². The summed E-state index contributed by atoms with van der Waals surface area (Å²) in [6, 6.07) is -0.753. The van der Waals surface area contributed by atoms with Crippen LogP contribution in [0.3, 0.4) is 0 Å². The third-order valence-electron chi connectivity index (χ3n) is 1.81. The van der Waals surface area contributed by atoms with Gasteiger partial charge in [0.15, 0.2) is 0 Å². The van der Waals surface area contributed by atoms with Crippen LogP contribution >= 0.6 is 0 Å². The van der Waals surface area contributed by atoms with Gasteiger partial charge in [-0.1, -0.05) is 6.92 Å². The van der Waals surface area contributed by atoms with Crippen molar-refractivity contribution < 1.29 is 14.7 Å². The third kappa shape index (κ3) is 7.44. The molecule has 0 aromatic rings. The maximum absolute atomic E-state index is 10.5. The number of nitrogens with zero attached hydrogens (tertiary/aromatic N) is 1. The number of carbonyl (C=O) groups is 2. The van der Waals surface area contributed by atoms with E-state index < -0.39 is 18.0 Å². The number of nitrogens with one attached hydrogen (secondary N) is 1. The fourth-order valence-corrected chi connectivity index (χ4v) is 0.893. The SMILES string of the molecule is C[C@H](C/C=N/NC(N)=O)[C@@H](O)CC(N)=O. The molecule has 0 fully saturated rings. The van der Waals surface area contributed by atoms with E-state index >= 15 is 0 Å². The normalized spacial score (nSPS) is 14.8. The number of hydrazone groups is 1. The van der Waals surface area contributed by atoms with Crippen LogP contribution in [0.5, 0.6) is 0 Å². The highest BCUT2D eigenvalue weighted by molar-refractivity contribution is 5.74. The molecule has 7 heteroatoms. The minimum atomic E-state index is -0.803. The van der Waals surface area contributed by atoms with Gasteiger partial charge < -0.3 is 16.6 Å². The molecule has 86 valence electrons. The van der Waals surface area contributed by atoms with Gasteiger partial charge >= 0.3 is 6.03 Å². The number of hydrogen-bond donors (Lipinski definition) is 4. The Kier molecular flexibility index (Phi) is 6.03. The number of urea groups is 1. The second-order valence-corrected chi connectivity index (χ2v) is 3.24. The van der Waals surface area contributed by atoms with E-state index in [1.807, 2.05) is 5.43 Å². The number of amides is 3. The zero-order valence-corrected chi connectivity index (χ0v) is 8.51. The predicted molar refractivity (Wildman–Crippen MR) is 54.8 cm³/mol. The molecule has 0 saturated carbocycles. The Hall–Kier alpha value is -1.63. The molecule has 0 heterocycles. The predicted octanol–water partition coefficient (Wildman–Crippen LogP) is -1.10. The van der Waals surface area contributed by atoms with Crippen molar-refractivity contribution in [2.45, 2.75) is 25.9 Å². The van der Waals surface area contributed by atoms with Crippen LogP contribution in [0.4, 0.5) is 4.79 Å². The summed E-state index contributed by atoms with van der Waals surface area (Å²) < 4.78 is 0. The van der Waals surface area contributed by atoms with Crippen LogP contribution in [0.1, 0.15) is 19.8 Å². The summed E-state index contributed by atoms with van der Waals surface area (Å²) in [7, 11) is 0. The second-order valence-electron chi connectivity index (χ2n) is 3.24. The third-order valence-corrected chi connectivity index (χ3v) is 1.81. The van der Waals surface area contributed by atoms with Gasteiger partial charge in [-0.2, -0.15) is 5.10 Å². The summed E-state index contributed by atoms with van der Waals surface area (Å²) in [5.74, 6) is -0.725. The van der Waals surface area contributed by atoms with Crippen molar-refractivity contribution >= 4 is 18.2 Å². The Morgan fingerprint density at radius 1 is 1.53 bits per heavy atom. The minimum absolute atomic E-state index is 0.0851. The van der Waals surface area contributed by atoms with E-state index in [1.54, 1.807) is 6.92 Å². The zero-order chi connectivity index (χ0) is 11.8. The van der Waals surface area contributed by atoms with E-state index in [4.69, 9.17) is 11.5 Å². The Balaban J connectivity index is 3.81. The van der Waals surface area contributed by atoms with E-state index in [-0.39, 0.29) is 12.3 Å². The Morgan fingerprint density at radius 2 is 2.13 bits per heavy atom. The van der Waals surface area contributed by atoms with Crippen LogP contribution < -0.4 is 16.9 Å². The molecule has 0 unspecified atom stereocenters. The quantitative estimate of drug-likeness (QED) is 0.332. The summed E-state index contributed by atoms with van der Waals surface area (Å²) in [6.07, 6.45) is 0.926. The van der Waals surface area contributed by atoms with Crippen molar-refractivity contribution in [1.82, 2.24) is 5.43 Å². The first-order chi connectivity index (χ1) is 6.93. The van der Waals surface area contributed by atoms with Gasteiger partial charge in [-0.3, -0.25) is 4.79 Å². The van der Waals surface area contributed by atoms with Crippen LogP contribution in [0, 0.1) is 5.92 Å². The van der Waals surface area contributed by atoms with Crippen LogP contribution in [0.25, 0.3) is 0 Å². The molecule has 0 aliphatic rings. The molecule has 0 spiro atoms. The fraction of sp³-hybridized carbons (Fsp3) is 0.625. The lowest BCUT2D eigenvalue weighted by atomic mass is 9.99. The van der Waals surface area contributed by atoms with Crippen LogP contribution in [-0.4, -0.2) is 29.4 Å². The Bertz CT molecular complexity index is 254. The summed E-state index contributed by atoms with van der Waals surface area (Å²) in [5.41, 5.74) is 11.7. The average molecular weight is 216 g/mol. The van der Waals surface area contributed by atoms with E-state index in [0.717, 1.165) is 0 Å². The second kappa shape index (κ2) is 6.77. The van der Waals surface area contributed by atoms with E-state index in [0.29, 0.717) is 6.42 Å². The fourth-order valence-electron chi connectivity index (χ4n) is 0.893. The first-order valence-electron chi connectivity index (χ1n) is 4.46. The molecule has 6 N–H and O–H groups in total. The molecule has 0 aliphatic carbocycles. The van der Waals surface area contributed by atoms with Gasteiger partial charge in [0.1, 0.15) is 0 Å². The van der Waals surface area contributed by atoms with E-state index in [9.17, 15) is 14.7 Å². The van der Waals surface area contributed by atoms with E-state index in [1.165, 1.54) is 6.21 Å². The minimum Gasteiger partial charge on any atom is -0.392 e. The summed E-state index contributed by atoms with van der Waals surface area (Å²) in [6.45, 7) is 1.74. The van der Waals surface area contributed by atoms with Crippen LogP contribution in [0.2, 0.25) is 0 Å². The molecule has 0 aliphatic heterocycles. The van der Waals surface area contributed by atoms with Crippen molar-refractivity contribution in [3.63, 3.8) is 0 Å².